The molecule has 1 N–H and O–H groups in total. The van der Waals surface area contributed by atoms with E-state index in [2.05, 4.69) is 10.2 Å². The first-order valence-electron chi connectivity index (χ1n) is 6.90. The molecule has 0 aromatic heterocycles. The van der Waals surface area contributed by atoms with Gasteiger partial charge in [0.05, 0.1) is 11.0 Å². The van der Waals surface area contributed by atoms with E-state index in [0.717, 1.165) is 32.1 Å². The van der Waals surface area contributed by atoms with Gasteiger partial charge in [-0.3, -0.25) is 15.0 Å². The lowest BCUT2D eigenvalue weighted by Crippen LogP contribution is -2.38. The van der Waals surface area contributed by atoms with Crippen molar-refractivity contribution in [1.29, 1.82) is 0 Å². The molecule has 0 amide bonds. The van der Waals surface area contributed by atoms with Gasteiger partial charge in [-0.05, 0) is 45.0 Å². The summed E-state index contributed by atoms with van der Waals surface area (Å²) in [5, 5.41) is 13.8. The van der Waals surface area contributed by atoms with Gasteiger partial charge in [0.2, 0.25) is 0 Å². The maximum absolute atomic E-state index is 13.9. The highest BCUT2D eigenvalue weighted by molar-refractivity contribution is 5.34. The number of nitro groups is 1. The molecule has 1 aromatic rings. The summed E-state index contributed by atoms with van der Waals surface area (Å²) < 4.78 is 13.9. The molecule has 1 heterocycles. The van der Waals surface area contributed by atoms with Crippen LogP contribution in [-0.4, -0.2) is 36.5 Å². The fourth-order valence-electron chi connectivity index (χ4n) is 2.77. The molecule has 20 heavy (non-hydrogen) atoms. The highest BCUT2D eigenvalue weighted by atomic mass is 19.1. The van der Waals surface area contributed by atoms with Crippen LogP contribution in [0.2, 0.25) is 0 Å². The Morgan fingerprint density at radius 3 is 3.00 bits per heavy atom. The lowest BCUT2D eigenvalue weighted by Gasteiger charge is -2.32. The summed E-state index contributed by atoms with van der Waals surface area (Å²) in [6.07, 6.45) is 2.31. The molecule has 1 aliphatic rings. The van der Waals surface area contributed by atoms with E-state index in [0.29, 0.717) is 18.0 Å². The molecule has 1 unspecified atom stereocenters. The van der Waals surface area contributed by atoms with Crippen molar-refractivity contribution in [2.24, 2.45) is 5.92 Å². The van der Waals surface area contributed by atoms with Crippen molar-refractivity contribution >= 4 is 5.69 Å². The second kappa shape index (κ2) is 6.76. The molecule has 1 saturated heterocycles. The average molecular weight is 281 g/mol. The SMILES string of the molecule is CNCC1CCCN(Cc2ccc([N+](=O)[O-])cc2F)C1. The quantitative estimate of drug-likeness (QED) is 0.664. The van der Waals surface area contributed by atoms with Crippen LogP contribution in [0.3, 0.4) is 0 Å². The molecule has 5 nitrogen and oxygen atoms in total. The number of hydrogen-bond acceptors (Lipinski definition) is 4. The first-order valence-corrected chi connectivity index (χ1v) is 6.90. The van der Waals surface area contributed by atoms with Crippen LogP contribution in [0.25, 0.3) is 0 Å². The Kier molecular flexibility index (Phi) is 5.03. The van der Waals surface area contributed by atoms with Gasteiger partial charge < -0.3 is 5.32 Å². The molecule has 0 spiro atoms. The second-order valence-electron chi connectivity index (χ2n) is 5.33. The predicted molar refractivity (Wildman–Crippen MR) is 75.0 cm³/mol. The number of benzene rings is 1. The molecule has 0 saturated carbocycles. The van der Waals surface area contributed by atoms with Crippen LogP contribution in [-0.2, 0) is 6.54 Å². The van der Waals surface area contributed by atoms with Gasteiger partial charge in [0.25, 0.3) is 5.69 Å². The Bertz CT molecular complexity index is 479. The summed E-state index contributed by atoms with van der Waals surface area (Å²) >= 11 is 0. The van der Waals surface area contributed by atoms with E-state index in [-0.39, 0.29) is 5.69 Å². The number of non-ortho nitro benzene ring substituents is 1. The fraction of sp³-hybridized carbons (Fsp3) is 0.571. The first-order chi connectivity index (χ1) is 9.60. The van der Waals surface area contributed by atoms with Gasteiger partial charge in [-0.25, -0.2) is 4.39 Å². The van der Waals surface area contributed by atoms with Gasteiger partial charge in [0.1, 0.15) is 5.82 Å². The summed E-state index contributed by atoms with van der Waals surface area (Å²) in [4.78, 5) is 12.2. The van der Waals surface area contributed by atoms with Crippen LogP contribution >= 0.6 is 0 Å². The molecule has 1 fully saturated rings. The minimum Gasteiger partial charge on any atom is -0.319 e. The van der Waals surface area contributed by atoms with Crippen LogP contribution in [0, 0.1) is 21.8 Å². The smallest absolute Gasteiger partial charge is 0.272 e. The molecular formula is C14H20FN3O2. The highest BCUT2D eigenvalue weighted by Gasteiger charge is 2.20. The fourth-order valence-corrected chi connectivity index (χ4v) is 2.77. The molecule has 110 valence electrons. The number of piperidine rings is 1. The normalized spacial score (nSPS) is 20.0. The van der Waals surface area contributed by atoms with Crippen molar-refractivity contribution < 1.29 is 9.31 Å². The minimum absolute atomic E-state index is 0.196. The maximum atomic E-state index is 13.9. The van der Waals surface area contributed by atoms with Gasteiger partial charge >= 0.3 is 0 Å². The molecule has 2 rings (SSSR count). The van der Waals surface area contributed by atoms with Gasteiger partial charge in [-0.2, -0.15) is 0 Å². The third-order valence-electron chi connectivity index (χ3n) is 3.74. The molecule has 0 radical (unpaired) electrons. The standard InChI is InChI=1S/C14H20FN3O2/c1-16-8-11-3-2-6-17(9-11)10-12-4-5-13(18(19)20)7-14(12)15/h4-5,7,11,16H,2-3,6,8-10H2,1H3. The number of halogens is 1. The number of rotatable bonds is 5. The summed E-state index contributed by atoms with van der Waals surface area (Å²) in [5.74, 6) is 0.102. The minimum atomic E-state index is -0.573. The monoisotopic (exact) mass is 281 g/mol. The highest BCUT2D eigenvalue weighted by Crippen LogP contribution is 2.21. The van der Waals surface area contributed by atoms with Gasteiger partial charge in [-0.1, -0.05) is 0 Å². The number of nitro benzene ring substituents is 1. The Hall–Kier alpha value is -1.53. The summed E-state index contributed by atoms with van der Waals surface area (Å²) in [7, 11) is 1.94. The van der Waals surface area contributed by atoms with Crippen molar-refractivity contribution in [1.82, 2.24) is 10.2 Å². The van der Waals surface area contributed by atoms with Crippen molar-refractivity contribution in [3.63, 3.8) is 0 Å². The Balaban J connectivity index is 2.00. The zero-order valence-electron chi connectivity index (χ0n) is 11.6. The molecule has 1 aliphatic heterocycles. The zero-order chi connectivity index (χ0) is 14.5. The van der Waals surface area contributed by atoms with Crippen LogP contribution in [0.1, 0.15) is 18.4 Å². The summed E-state index contributed by atoms with van der Waals surface area (Å²) in [6.45, 7) is 3.39. The molecule has 6 heteroatoms. The molecule has 1 atom stereocenters. The Labute approximate surface area is 117 Å². The molecule has 0 bridgehead atoms. The number of hydrogen-bond donors (Lipinski definition) is 1. The van der Waals surface area contributed by atoms with Crippen LogP contribution < -0.4 is 5.32 Å². The van der Waals surface area contributed by atoms with E-state index in [4.69, 9.17) is 0 Å². The van der Waals surface area contributed by atoms with Gasteiger partial charge in [0, 0.05) is 24.7 Å². The van der Waals surface area contributed by atoms with E-state index in [1.165, 1.54) is 18.6 Å². The van der Waals surface area contributed by atoms with Crippen LogP contribution in [0.15, 0.2) is 18.2 Å². The average Bonchev–Trinajstić information content (AvgIpc) is 2.42. The Morgan fingerprint density at radius 2 is 2.35 bits per heavy atom. The largest absolute Gasteiger partial charge is 0.319 e. The number of likely N-dealkylation sites (tertiary alicyclic amines) is 1. The van der Waals surface area contributed by atoms with E-state index in [9.17, 15) is 14.5 Å². The Morgan fingerprint density at radius 1 is 1.55 bits per heavy atom. The number of nitrogens with one attached hydrogen (secondary N) is 1. The van der Waals surface area contributed by atoms with E-state index < -0.39 is 10.7 Å². The van der Waals surface area contributed by atoms with E-state index >= 15 is 0 Å². The predicted octanol–water partition coefficient (Wildman–Crippen LogP) is 2.17. The van der Waals surface area contributed by atoms with E-state index in [1.54, 1.807) is 0 Å². The molecule has 0 aliphatic carbocycles. The van der Waals surface area contributed by atoms with Crippen molar-refractivity contribution in [2.75, 3.05) is 26.7 Å². The first kappa shape index (κ1) is 14.9. The lowest BCUT2D eigenvalue weighted by atomic mass is 9.97. The summed E-state index contributed by atoms with van der Waals surface area (Å²) in [6, 6.07) is 3.90. The third-order valence-corrected chi connectivity index (χ3v) is 3.74. The summed E-state index contributed by atoms with van der Waals surface area (Å²) in [5.41, 5.74) is 0.332. The molecular weight excluding hydrogens is 261 g/mol. The van der Waals surface area contributed by atoms with Gasteiger partial charge in [0.15, 0.2) is 0 Å². The lowest BCUT2D eigenvalue weighted by molar-refractivity contribution is -0.385. The third kappa shape index (κ3) is 3.74. The molecule has 1 aromatic carbocycles. The second-order valence-corrected chi connectivity index (χ2v) is 5.33. The van der Waals surface area contributed by atoms with Crippen molar-refractivity contribution in [3.8, 4) is 0 Å². The topological polar surface area (TPSA) is 58.4 Å². The number of nitrogens with zero attached hydrogens (tertiary/aromatic N) is 2. The van der Waals surface area contributed by atoms with Gasteiger partial charge in [-0.15, -0.1) is 0 Å². The van der Waals surface area contributed by atoms with Crippen LogP contribution in [0.5, 0.6) is 0 Å². The van der Waals surface area contributed by atoms with Crippen molar-refractivity contribution in [2.45, 2.75) is 19.4 Å². The van der Waals surface area contributed by atoms with Crippen LogP contribution in [0.4, 0.5) is 10.1 Å². The zero-order valence-corrected chi connectivity index (χ0v) is 11.6. The van der Waals surface area contributed by atoms with E-state index in [1.807, 2.05) is 7.05 Å². The maximum Gasteiger partial charge on any atom is 0.272 e. The van der Waals surface area contributed by atoms with Crippen molar-refractivity contribution in [3.05, 3.63) is 39.7 Å².